The first-order valence-corrected chi connectivity index (χ1v) is 7.18. The van der Waals surface area contributed by atoms with Gasteiger partial charge in [0.2, 0.25) is 5.91 Å². The molecule has 0 radical (unpaired) electrons. The van der Waals surface area contributed by atoms with Gasteiger partial charge in [0.05, 0.1) is 6.42 Å². The summed E-state index contributed by atoms with van der Waals surface area (Å²) < 4.78 is 0. The highest BCUT2D eigenvalue weighted by Crippen LogP contribution is 2.17. The first-order valence-electron chi connectivity index (χ1n) is 7.18. The fourth-order valence-corrected chi connectivity index (χ4v) is 2.52. The van der Waals surface area contributed by atoms with E-state index in [1.807, 2.05) is 48.7 Å². The van der Waals surface area contributed by atoms with Crippen LogP contribution < -0.4 is 5.32 Å². The maximum atomic E-state index is 11.9. The van der Waals surface area contributed by atoms with Crippen molar-refractivity contribution in [3.63, 3.8) is 0 Å². The summed E-state index contributed by atoms with van der Waals surface area (Å²) >= 11 is 0. The zero-order valence-corrected chi connectivity index (χ0v) is 11.8. The van der Waals surface area contributed by atoms with Gasteiger partial charge in [-0.1, -0.05) is 48.5 Å². The minimum Gasteiger partial charge on any atom is -0.361 e. The van der Waals surface area contributed by atoms with Gasteiger partial charge in [0.1, 0.15) is 0 Å². The number of hydrogen-bond acceptors (Lipinski definition) is 1. The van der Waals surface area contributed by atoms with Crippen LogP contribution in [0.4, 0.5) is 0 Å². The van der Waals surface area contributed by atoms with Crippen LogP contribution in [-0.4, -0.2) is 17.4 Å². The van der Waals surface area contributed by atoms with Gasteiger partial charge in [-0.2, -0.15) is 0 Å². The molecule has 21 heavy (non-hydrogen) atoms. The molecular formula is C18H18N2O. The topological polar surface area (TPSA) is 44.9 Å². The van der Waals surface area contributed by atoms with Crippen molar-refractivity contribution >= 4 is 16.8 Å². The van der Waals surface area contributed by atoms with Gasteiger partial charge in [-0.05, 0) is 23.6 Å². The normalized spacial score (nSPS) is 10.7. The van der Waals surface area contributed by atoms with E-state index in [2.05, 4.69) is 22.4 Å². The molecule has 0 saturated heterocycles. The lowest BCUT2D eigenvalue weighted by molar-refractivity contribution is -0.120. The molecule has 2 N–H and O–H groups in total. The van der Waals surface area contributed by atoms with Crippen molar-refractivity contribution in [1.29, 1.82) is 0 Å². The maximum absolute atomic E-state index is 11.9. The van der Waals surface area contributed by atoms with Gasteiger partial charge < -0.3 is 10.3 Å². The Bertz CT molecular complexity index is 731. The molecule has 1 aromatic heterocycles. The van der Waals surface area contributed by atoms with E-state index in [0.29, 0.717) is 13.0 Å². The van der Waals surface area contributed by atoms with Crippen molar-refractivity contribution in [1.82, 2.24) is 10.3 Å². The Balaban J connectivity index is 1.53. The first-order chi connectivity index (χ1) is 10.3. The van der Waals surface area contributed by atoms with Crippen LogP contribution in [-0.2, 0) is 17.6 Å². The lowest BCUT2D eigenvalue weighted by Crippen LogP contribution is -2.27. The number of rotatable bonds is 5. The highest BCUT2D eigenvalue weighted by molar-refractivity contribution is 5.83. The molecule has 2 aromatic carbocycles. The average Bonchev–Trinajstić information content (AvgIpc) is 2.92. The number of carbonyl (C=O) groups is 1. The average molecular weight is 278 g/mol. The van der Waals surface area contributed by atoms with Crippen LogP contribution in [0.1, 0.15) is 11.1 Å². The lowest BCUT2D eigenvalue weighted by Gasteiger charge is -2.05. The molecule has 0 aliphatic carbocycles. The Labute approximate surface area is 124 Å². The van der Waals surface area contributed by atoms with Crippen LogP contribution in [0.2, 0.25) is 0 Å². The van der Waals surface area contributed by atoms with Crippen molar-refractivity contribution in [2.45, 2.75) is 12.8 Å². The molecule has 0 aliphatic heterocycles. The van der Waals surface area contributed by atoms with E-state index in [9.17, 15) is 4.79 Å². The summed E-state index contributed by atoms with van der Waals surface area (Å²) in [6.07, 6.45) is 3.30. The predicted molar refractivity (Wildman–Crippen MR) is 85.2 cm³/mol. The van der Waals surface area contributed by atoms with Gasteiger partial charge in [-0.25, -0.2) is 0 Å². The van der Waals surface area contributed by atoms with Crippen molar-refractivity contribution in [3.05, 3.63) is 71.9 Å². The van der Waals surface area contributed by atoms with Gasteiger partial charge in [0.15, 0.2) is 0 Å². The Morgan fingerprint density at radius 3 is 2.62 bits per heavy atom. The third kappa shape index (κ3) is 3.31. The van der Waals surface area contributed by atoms with Crippen LogP contribution in [0.5, 0.6) is 0 Å². The number of carbonyl (C=O) groups excluding carboxylic acids is 1. The van der Waals surface area contributed by atoms with Gasteiger partial charge in [0.25, 0.3) is 0 Å². The number of H-pyrrole nitrogens is 1. The maximum Gasteiger partial charge on any atom is 0.224 e. The molecule has 0 fully saturated rings. The van der Waals surface area contributed by atoms with Gasteiger partial charge >= 0.3 is 0 Å². The number of amides is 1. The molecule has 106 valence electrons. The molecule has 0 aliphatic rings. The summed E-state index contributed by atoms with van der Waals surface area (Å²) in [6.45, 7) is 0.660. The minimum absolute atomic E-state index is 0.0704. The van der Waals surface area contributed by atoms with E-state index in [-0.39, 0.29) is 5.91 Å². The van der Waals surface area contributed by atoms with Crippen LogP contribution in [0.25, 0.3) is 10.9 Å². The Morgan fingerprint density at radius 2 is 1.76 bits per heavy atom. The van der Waals surface area contributed by atoms with Gasteiger partial charge in [-0.15, -0.1) is 0 Å². The van der Waals surface area contributed by atoms with Crippen LogP contribution in [0.15, 0.2) is 60.8 Å². The Kier molecular flexibility index (Phi) is 4.01. The summed E-state index contributed by atoms with van der Waals surface area (Å²) in [5, 5.41) is 4.21. The molecule has 0 saturated carbocycles. The van der Waals surface area contributed by atoms with Crippen LogP contribution in [0.3, 0.4) is 0 Å². The quantitative estimate of drug-likeness (QED) is 0.740. The van der Waals surface area contributed by atoms with Crippen molar-refractivity contribution in [2.75, 3.05) is 6.54 Å². The standard InChI is InChI=1S/C18H18N2O/c21-18(12-14-6-2-1-3-7-14)19-11-10-15-13-20-17-9-5-4-8-16(15)17/h1-9,13,20H,10-12H2,(H,19,21). The molecule has 0 atom stereocenters. The van der Waals surface area contributed by atoms with E-state index in [1.165, 1.54) is 10.9 Å². The molecule has 0 spiro atoms. The number of fused-ring (bicyclic) bond motifs is 1. The third-order valence-electron chi connectivity index (χ3n) is 3.60. The largest absolute Gasteiger partial charge is 0.361 e. The second-order valence-corrected chi connectivity index (χ2v) is 5.12. The van der Waals surface area contributed by atoms with Crippen molar-refractivity contribution in [2.24, 2.45) is 0 Å². The second-order valence-electron chi connectivity index (χ2n) is 5.12. The van der Waals surface area contributed by atoms with E-state index in [1.54, 1.807) is 0 Å². The van der Waals surface area contributed by atoms with Gasteiger partial charge in [0, 0.05) is 23.6 Å². The molecule has 1 amide bonds. The smallest absolute Gasteiger partial charge is 0.224 e. The predicted octanol–water partition coefficient (Wildman–Crippen LogP) is 3.07. The molecule has 3 heteroatoms. The number of hydrogen-bond donors (Lipinski definition) is 2. The van der Waals surface area contributed by atoms with Crippen LogP contribution in [0, 0.1) is 0 Å². The monoisotopic (exact) mass is 278 g/mol. The van der Waals surface area contributed by atoms with E-state index < -0.39 is 0 Å². The van der Waals surface area contributed by atoms with E-state index in [4.69, 9.17) is 0 Å². The molecule has 3 aromatic rings. The molecular weight excluding hydrogens is 260 g/mol. The minimum atomic E-state index is 0.0704. The number of aromatic amines is 1. The van der Waals surface area contributed by atoms with E-state index in [0.717, 1.165) is 17.5 Å². The van der Waals surface area contributed by atoms with Gasteiger partial charge in [-0.3, -0.25) is 4.79 Å². The SMILES string of the molecule is O=C(Cc1ccccc1)NCCc1c[nH]c2ccccc12. The Hall–Kier alpha value is -2.55. The second kappa shape index (κ2) is 6.27. The Morgan fingerprint density at radius 1 is 1.00 bits per heavy atom. The summed E-state index contributed by atoms with van der Waals surface area (Å²) in [5.41, 5.74) is 3.43. The van der Waals surface area contributed by atoms with Crippen molar-refractivity contribution < 1.29 is 4.79 Å². The summed E-state index contributed by atoms with van der Waals surface area (Å²) in [4.78, 5) is 15.1. The highest BCUT2D eigenvalue weighted by Gasteiger charge is 2.05. The first kappa shape index (κ1) is 13.4. The fraction of sp³-hybridized carbons (Fsp3) is 0.167. The number of aromatic nitrogens is 1. The zero-order chi connectivity index (χ0) is 14.5. The summed E-state index contributed by atoms with van der Waals surface area (Å²) in [6, 6.07) is 18.0. The van der Waals surface area contributed by atoms with E-state index >= 15 is 0 Å². The summed E-state index contributed by atoms with van der Waals surface area (Å²) in [7, 11) is 0. The lowest BCUT2D eigenvalue weighted by atomic mass is 10.1. The molecule has 3 rings (SSSR count). The molecule has 3 nitrogen and oxygen atoms in total. The summed E-state index contributed by atoms with van der Waals surface area (Å²) in [5.74, 6) is 0.0704. The molecule has 1 heterocycles. The highest BCUT2D eigenvalue weighted by atomic mass is 16.1. The number of benzene rings is 2. The molecule has 0 bridgehead atoms. The fourth-order valence-electron chi connectivity index (χ4n) is 2.52. The number of nitrogens with one attached hydrogen (secondary N) is 2. The van der Waals surface area contributed by atoms with Crippen LogP contribution >= 0.6 is 0 Å². The van der Waals surface area contributed by atoms with Crippen molar-refractivity contribution in [3.8, 4) is 0 Å². The molecule has 0 unspecified atom stereocenters. The third-order valence-corrected chi connectivity index (χ3v) is 3.60. The number of para-hydroxylation sites is 1. The zero-order valence-electron chi connectivity index (χ0n) is 11.8.